The van der Waals surface area contributed by atoms with Crippen LogP contribution < -0.4 is 4.46 Å². The van der Waals surface area contributed by atoms with Crippen LogP contribution in [0.4, 0.5) is 0 Å². The van der Waals surface area contributed by atoms with Gasteiger partial charge in [-0.3, -0.25) is 0 Å². The third-order valence-electron chi connectivity index (χ3n) is 1.27. The van der Waals surface area contributed by atoms with Gasteiger partial charge in [0.25, 0.3) is 0 Å². The Morgan fingerprint density at radius 3 is 2.67 bits per heavy atom. The molecule has 0 aliphatic heterocycles. The van der Waals surface area contributed by atoms with Crippen LogP contribution in [0.3, 0.4) is 0 Å². The molecule has 0 unspecified atom stereocenters. The van der Waals surface area contributed by atoms with Crippen LogP contribution in [0.5, 0.6) is 0 Å². The molecule has 0 amide bonds. The fraction of sp³-hybridized carbons (Fsp3) is 0. The second kappa shape index (κ2) is 3.47. The van der Waals surface area contributed by atoms with E-state index in [0.29, 0.717) is 0 Å². The number of hydrogen-bond acceptors (Lipinski definition) is 3. The van der Waals surface area contributed by atoms with Crippen molar-refractivity contribution in [3.8, 4) is 0 Å². The summed E-state index contributed by atoms with van der Waals surface area (Å²) in [4.78, 5) is 0. The van der Waals surface area contributed by atoms with Crippen molar-refractivity contribution in [3.05, 3.63) is 36.7 Å². The van der Waals surface area contributed by atoms with E-state index in [-0.39, 0.29) is 15.2 Å². The number of tetrazole rings is 1. The van der Waals surface area contributed by atoms with Crippen LogP contribution in [0.15, 0.2) is 36.7 Å². The van der Waals surface area contributed by atoms with Crippen molar-refractivity contribution >= 4 is 19.6 Å². The van der Waals surface area contributed by atoms with Gasteiger partial charge in [-0.15, -0.1) is 0 Å². The third kappa shape index (κ3) is 1.69. The van der Waals surface area contributed by atoms with Crippen molar-refractivity contribution in [2.24, 2.45) is 0 Å². The van der Waals surface area contributed by atoms with Gasteiger partial charge in [-0.2, -0.15) is 0 Å². The molecule has 1 aromatic heterocycles. The fourth-order valence-corrected chi connectivity index (χ4v) is 2.15. The Kier molecular flexibility index (Phi) is 2.16. The Balaban J connectivity index is 2.15. The molecule has 60 valence electrons. The van der Waals surface area contributed by atoms with Crippen molar-refractivity contribution in [2.45, 2.75) is 0 Å². The normalized spacial score (nSPS) is 10.0. The molecule has 0 radical (unpaired) electrons. The average molecular weight is 225 g/mol. The Morgan fingerprint density at radius 2 is 2.00 bits per heavy atom. The van der Waals surface area contributed by atoms with Crippen molar-refractivity contribution in [1.82, 2.24) is 19.2 Å². The second-order valence-electron chi connectivity index (χ2n) is 2.12. The minimum absolute atomic E-state index is 0.171. The predicted octanol–water partition coefficient (Wildman–Crippen LogP) is -0.534. The average Bonchev–Trinajstić information content (AvgIpc) is 2.59. The summed E-state index contributed by atoms with van der Waals surface area (Å²) in [5.74, 6) is 0. The van der Waals surface area contributed by atoms with Crippen LogP contribution in [-0.4, -0.2) is 34.4 Å². The minimum atomic E-state index is 0.171. The predicted molar refractivity (Wildman–Crippen MR) is 45.0 cm³/mol. The van der Waals surface area contributed by atoms with Gasteiger partial charge in [0.05, 0.1) is 0 Å². The molecule has 0 saturated carbocycles. The fourth-order valence-electron chi connectivity index (χ4n) is 0.784. The van der Waals surface area contributed by atoms with E-state index in [2.05, 4.69) is 27.7 Å². The first-order valence-electron chi connectivity index (χ1n) is 3.41. The molecule has 0 N–H and O–H groups in total. The SMILES string of the molecule is c1ccc([Se]n2cnnn2)cc1. The van der Waals surface area contributed by atoms with Gasteiger partial charge in [0.2, 0.25) is 0 Å². The molecule has 12 heavy (non-hydrogen) atoms. The molecule has 0 fully saturated rings. The zero-order valence-corrected chi connectivity index (χ0v) is 7.87. The summed E-state index contributed by atoms with van der Waals surface area (Å²) in [5.41, 5.74) is 0. The molecule has 2 rings (SSSR count). The maximum absolute atomic E-state index is 3.79. The van der Waals surface area contributed by atoms with E-state index in [1.165, 1.54) is 4.46 Å². The number of aromatic nitrogens is 4. The standard InChI is InChI=1S/C7H6N4Se/c1-2-4-7(5-3-1)12-11-6-8-9-10-11/h1-6H. The van der Waals surface area contributed by atoms with Crippen molar-refractivity contribution in [1.29, 1.82) is 0 Å². The molecule has 0 atom stereocenters. The van der Waals surface area contributed by atoms with Crippen LogP contribution in [-0.2, 0) is 0 Å². The molecule has 0 bridgehead atoms. The van der Waals surface area contributed by atoms with Gasteiger partial charge >= 0.3 is 75.5 Å². The first kappa shape index (κ1) is 7.46. The zero-order valence-electron chi connectivity index (χ0n) is 6.16. The molecule has 4 nitrogen and oxygen atoms in total. The molecule has 2 aromatic rings. The molecule has 1 aromatic carbocycles. The summed E-state index contributed by atoms with van der Waals surface area (Å²) < 4.78 is 3.01. The van der Waals surface area contributed by atoms with Crippen LogP contribution in [0.1, 0.15) is 0 Å². The molecule has 0 saturated heterocycles. The van der Waals surface area contributed by atoms with E-state index >= 15 is 0 Å². The number of rotatable bonds is 2. The summed E-state index contributed by atoms with van der Waals surface area (Å²) in [6.07, 6.45) is 1.63. The Bertz CT molecular complexity index is 332. The number of benzene rings is 1. The van der Waals surface area contributed by atoms with E-state index in [4.69, 9.17) is 0 Å². The monoisotopic (exact) mass is 226 g/mol. The van der Waals surface area contributed by atoms with Gasteiger partial charge in [-0.1, -0.05) is 0 Å². The van der Waals surface area contributed by atoms with E-state index in [1.807, 2.05) is 18.2 Å². The van der Waals surface area contributed by atoms with E-state index in [0.717, 1.165) is 0 Å². The van der Waals surface area contributed by atoms with Gasteiger partial charge in [-0.25, -0.2) is 0 Å². The van der Waals surface area contributed by atoms with Gasteiger partial charge in [-0.05, 0) is 0 Å². The first-order chi connectivity index (χ1) is 5.95. The summed E-state index contributed by atoms with van der Waals surface area (Å²) >= 11 is 0.171. The number of nitrogens with zero attached hydrogens (tertiary/aromatic N) is 4. The van der Waals surface area contributed by atoms with Crippen LogP contribution >= 0.6 is 0 Å². The Labute approximate surface area is 76.0 Å². The van der Waals surface area contributed by atoms with Crippen LogP contribution in [0, 0.1) is 0 Å². The first-order valence-corrected chi connectivity index (χ1v) is 5.04. The summed E-state index contributed by atoms with van der Waals surface area (Å²) in [6, 6.07) is 10.2. The van der Waals surface area contributed by atoms with Gasteiger partial charge in [0.15, 0.2) is 0 Å². The summed E-state index contributed by atoms with van der Waals surface area (Å²) in [6.45, 7) is 0. The molecule has 0 spiro atoms. The van der Waals surface area contributed by atoms with Crippen molar-refractivity contribution < 1.29 is 0 Å². The topological polar surface area (TPSA) is 43.6 Å². The van der Waals surface area contributed by atoms with Crippen molar-refractivity contribution in [2.75, 3.05) is 0 Å². The van der Waals surface area contributed by atoms with Gasteiger partial charge < -0.3 is 0 Å². The molecule has 0 aliphatic rings. The van der Waals surface area contributed by atoms with Crippen LogP contribution in [0.25, 0.3) is 0 Å². The zero-order chi connectivity index (χ0) is 8.23. The Morgan fingerprint density at radius 1 is 1.17 bits per heavy atom. The molecule has 1 heterocycles. The Hall–Kier alpha value is -1.19. The summed E-state index contributed by atoms with van der Waals surface area (Å²) in [5, 5.41) is 10.9. The second-order valence-corrected chi connectivity index (χ2v) is 4.27. The quantitative estimate of drug-likeness (QED) is 0.645. The van der Waals surface area contributed by atoms with Crippen molar-refractivity contribution in [3.63, 3.8) is 0 Å². The van der Waals surface area contributed by atoms with E-state index < -0.39 is 0 Å². The maximum atomic E-state index is 3.79. The number of hydrogen-bond donors (Lipinski definition) is 0. The third-order valence-corrected chi connectivity index (χ3v) is 3.03. The van der Waals surface area contributed by atoms with Crippen LogP contribution in [0.2, 0.25) is 0 Å². The van der Waals surface area contributed by atoms with E-state index in [9.17, 15) is 0 Å². The summed E-state index contributed by atoms with van der Waals surface area (Å²) in [7, 11) is 0. The molecular weight excluding hydrogens is 219 g/mol. The molecule has 0 aliphatic carbocycles. The molecular formula is C7H6N4Se. The van der Waals surface area contributed by atoms with E-state index in [1.54, 1.807) is 10.0 Å². The van der Waals surface area contributed by atoms with Gasteiger partial charge in [0, 0.05) is 0 Å². The van der Waals surface area contributed by atoms with Gasteiger partial charge in [0.1, 0.15) is 0 Å². The molecule has 5 heteroatoms.